The Morgan fingerprint density at radius 1 is 1.17 bits per heavy atom. The standard InChI is InChI=1S/C15H16N2O5.2K/c18-13(5-6-14(19)20)17-12(15(21)22)7-9-8-16-11-4-2-1-3-10(9)11;;/h1-4,8,12,16H,5-7H2,(H,17,18)(H,19,20)(H,21,22);;/q;2*+1/p-1/t12-;;/m0../s1. The molecule has 2 aromatic rings. The number of carboxylic acids is 2. The molecule has 1 atom stereocenters. The molecule has 1 aromatic heterocycles. The van der Waals surface area contributed by atoms with Crippen molar-refractivity contribution in [2.75, 3.05) is 0 Å². The maximum Gasteiger partial charge on any atom is 1.00 e. The molecule has 0 unspecified atom stereocenters. The molecule has 0 spiro atoms. The van der Waals surface area contributed by atoms with Gasteiger partial charge in [-0.25, -0.2) is 0 Å². The molecule has 0 saturated heterocycles. The van der Waals surface area contributed by atoms with E-state index >= 15 is 0 Å². The van der Waals surface area contributed by atoms with Crippen molar-refractivity contribution in [3.05, 3.63) is 36.0 Å². The minimum atomic E-state index is -1.41. The molecule has 1 aromatic carbocycles. The van der Waals surface area contributed by atoms with Crippen LogP contribution in [0.15, 0.2) is 30.5 Å². The molecule has 2 rings (SSSR count). The summed E-state index contributed by atoms with van der Waals surface area (Å²) in [5.74, 6) is -3.15. The van der Waals surface area contributed by atoms with Crippen LogP contribution >= 0.6 is 0 Å². The van der Waals surface area contributed by atoms with Gasteiger partial charge in [0, 0.05) is 29.9 Å². The minimum Gasteiger partial charge on any atom is -0.548 e. The van der Waals surface area contributed by atoms with Crippen LogP contribution in [0.1, 0.15) is 18.4 Å². The number of aliphatic carboxylic acids is 2. The van der Waals surface area contributed by atoms with Gasteiger partial charge in [-0.2, -0.15) is 0 Å². The number of hydrogen-bond donors (Lipinski definition) is 3. The summed E-state index contributed by atoms with van der Waals surface area (Å²) in [5, 5.41) is 22.9. The van der Waals surface area contributed by atoms with E-state index in [0.717, 1.165) is 16.5 Å². The number of aromatic amines is 1. The second-order valence-electron chi connectivity index (χ2n) is 4.90. The fourth-order valence-corrected chi connectivity index (χ4v) is 2.20. The Labute approximate surface area is 223 Å². The predicted octanol–water partition coefficient (Wildman–Crippen LogP) is -6.18. The summed E-state index contributed by atoms with van der Waals surface area (Å²) in [6, 6.07) is 6.18. The first-order valence-electron chi connectivity index (χ1n) is 6.74. The molecule has 0 bridgehead atoms. The smallest absolute Gasteiger partial charge is 0.548 e. The first-order chi connectivity index (χ1) is 10.5. The third kappa shape index (κ3) is 7.36. The molecular formula is C15H15K2N2O5+. The molecule has 0 fully saturated rings. The van der Waals surface area contributed by atoms with Gasteiger partial charge in [-0.05, 0) is 11.6 Å². The van der Waals surface area contributed by atoms with E-state index in [1.54, 1.807) is 6.20 Å². The quantitative estimate of drug-likeness (QED) is 0.412. The normalized spacial score (nSPS) is 11.0. The van der Waals surface area contributed by atoms with Crippen molar-refractivity contribution in [1.82, 2.24) is 10.3 Å². The number of rotatable bonds is 7. The van der Waals surface area contributed by atoms with E-state index in [1.165, 1.54) is 0 Å². The number of carbonyl (C=O) groups excluding carboxylic acids is 2. The minimum absolute atomic E-state index is 0. The molecular weight excluding hydrogens is 366 g/mol. The predicted molar refractivity (Wildman–Crippen MR) is 75.8 cm³/mol. The number of aromatic nitrogens is 1. The molecule has 1 amide bonds. The van der Waals surface area contributed by atoms with Gasteiger partial charge < -0.3 is 25.3 Å². The van der Waals surface area contributed by atoms with Gasteiger partial charge in [-0.3, -0.25) is 9.59 Å². The number of hydrogen-bond acceptors (Lipinski definition) is 4. The van der Waals surface area contributed by atoms with Gasteiger partial charge in [0.25, 0.3) is 0 Å². The third-order valence-electron chi connectivity index (χ3n) is 3.28. The second-order valence-corrected chi connectivity index (χ2v) is 4.90. The van der Waals surface area contributed by atoms with Crippen LogP contribution in [0, 0.1) is 0 Å². The van der Waals surface area contributed by atoms with Gasteiger partial charge in [0.15, 0.2) is 0 Å². The molecule has 24 heavy (non-hydrogen) atoms. The molecule has 0 aliphatic heterocycles. The Morgan fingerprint density at radius 2 is 1.83 bits per heavy atom. The van der Waals surface area contributed by atoms with Gasteiger partial charge in [-0.1, -0.05) is 18.2 Å². The fourth-order valence-electron chi connectivity index (χ4n) is 2.20. The van der Waals surface area contributed by atoms with Crippen LogP contribution in [0.25, 0.3) is 10.9 Å². The van der Waals surface area contributed by atoms with E-state index in [9.17, 15) is 19.5 Å². The maximum absolute atomic E-state index is 11.6. The van der Waals surface area contributed by atoms with E-state index in [4.69, 9.17) is 5.11 Å². The van der Waals surface area contributed by atoms with Crippen LogP contribution in [-0.4, -0.2) is 34.0 Å². The summed E-state index contributed by atoms with van der Waals surface area (Å²) in [7, 11) is 0. The average molecular weight is 381 g/mol. The summed E-state index contributed by atoms with van der Waals surface area (Å²) in [6.45, 7) is 0. The average Bonchev–Trinajstić information content (AvgIpc) is 2.87. The van der Waals surface area contributed by atoms with E-state index < -0.39 is 23.9 Å². The van der Waals surface area contributed by atoms with E-state index in [0.29, 0.717) is 0 Å². The molecule has 0 radical (unpaired) electrons. The third-order valence-corrected chi connectivity index (χ3v) is 3.28. The van der Waals surface area contributed by atoms with Gasteiger partial charge >= 0.3 is 109 Å². The zero-order valence-corrected chi connectivity index (χ0v) is 19.9. The number of para-hydroxylation sites is 1. The number of nitrogens with one attached hydrogen (secondary N) is 2. The van der Waals surface area contributed by atoms with Gasteiger partial charge in [-0.15, -0.1) is 0 Å². The van der Waals surface area contributed by atoms with Crippen molar-refractivity contribution >= 4 is 28.7 Å². The molecule has 9 heteroatoms. The van der Waals surface area contributed by atoms with Gasteiger partial charge in [0.2, 0.25) is 5.91 Å². The van der Waals surface area contributed by atoms with Crippen LogP contribution in [0.2, 0.25) is 0 Å². The Kier molecular flexibility index (Phi) is 12.2. The van der Waals surface area contributed by atoms with Crippen molar-refractivity contribution in [3.63, 3.8) is 0 Å². The van der Waals surface area contributed by atoms with Crippen molar-refractivity contribution in [2.45, 2.75) is 25.3 Å². The first kappa shape index (κ1) is 24.4. The number of fused-ring (bicyclic) bond motifs is 1. The molecule has 0 aliphatic rings. The van der Waals surface area contributed by atoms with Crippen LogP contribution < -0.4 is 113 Å². The number of H-pyrrole nitrogens is 1. The van der Waals surface area contributed by atoms with Crippen molar-refractivity contribution in [2.24, 2.45) is 0 Å². The van der Waals surface area contributed by atoms with Crippen LogP contribution in [-0.2, 0) is 20.8 Å². The van der Waals surface area contributed by atoms with E-state index in [2.05, 4.69) is 10.3 Å². The Balaban J connectivity index is 0.00000264. The van der Waals surface area contributed by atoms with Crippen LogP contribution in [0.4, 0.5) is 0 Å². The fraction of sp³-hybridized carbons (Fsp3) is 0.267. The van der Waals surface area contributed by atoms with E-state index in [-0.39, 0.29) is 122 Å². The topological polar surface area (TPSA) is 122 Å². The maximum atomic E-state index is 11.6. The summed E-state index contributed by atoms with van der Waals surface area (Å²) >= 11 is 0. The number of carbonyl (C=O) groups is 3. The van der Waals surface area contributed by atoms with E-state index in [1.807, 2.05) is 24.3 Å². The zero-order valence-electron chi connectivity index (χ0n) is 13.7. The second kappa shape index (κ2) is 11.9. The number of benzene rings is 1. The Hall–Kier alpha value is 0.443. The molecule has 0 aliphatic carbocycles. The summed E-state index contributed by atoms with van der Waals surface area (Å²) in [4.78, 5) is 36.2. The van der Waals surface area contributed by atoms with Crippen LogP contribution in [0.5, 0.6) is 0 Å². The largest absolute Gasteiger partial charge is 1.00 e. The van der Waals surface area contributed by atoms with Crippen molar-refractivity contribution in [1.29, 1.82) is 0 Å². The molecule has 1 heterocycles. The molecule has 116 valence electrons. The SMILES string of the molecule is O=C(O)CCC(=O)N[C@@H](Cc1c[nH]c2ccccc12)C(=O)[O-].[K+].[K+]. The van der Waals surface area contributed by atoms with Crippen molar-refractivity contribution in [3.8, 4) is 0 Å². The summed E-state index contributed by atoms with van der Waals surface area (Å²) < 4.78 is 0. The first-order valence-corrected chi connectivity index (χ1v) is 6.74. The van der Waals surface area contributed by atoms with Crippen molar-refractivity contribution < 1.29 is 127 Å². The Morgan fingerprint density at radius 3 is 2.46 bits per heavy atom. The summed E-state index contributed by atoms with van der Waals surface area (Å²) in [6.07, 6.45) is 1.13. The summed E-state index contributed by atoms with van der Waals surface area (Å²) in [5.41, 5.74) is 1.61. The van der Waals surface area contributed by atoms with Gasteiger partial charge in [0.05, 0.1) is 18.4 Å². The number of amides is 1. The van der Waals surface area contributed by atoms with Crippen LogP contribution in [0.3, 0.4) is 0 Å². The molecule has 7 nitrogen and oxygen atoms in total. The molecule has 0 saturated carbocycles. The Bertz CT molecular complexity index is 717. The van der Waals surface area contributed by atoms with Gasteiger partial charge in [0.1, 0.15) is 0 Å². The monoisotopic (exact) mass is 381 g/mol. The zero-order chi connectivity index (χ0) is 16.1. The number of carboxylic acid groups (broad SMARTS) is 2. The molecule has 3 N–H and O–H groups in total.